The Kier molecular flexibility index (Phi) is 5.76. The molecule has 7 heteroatoms. The van der Waals surface area contributed by atoms with Crippen LogP contribution in [-0.4, -0.2) is 58.7 Å². The number of rotatable bonds is 5. The topological polar surface area (TPSA) is 53.4 Å². The van der Waals surface area contributed by atoms with Gasteiger partial charge in [-0.25, -0.2) is 9.07 Å². The standard InChI is InChI=1S/C25H28FN5O/c1-29-12-14-30(15-13-29)17-18-4-2-5-20(16-18)27-25(32)24-22-6-3-7-23(22)31(28-24)21-10-8-19(26)9-11-21/h2,4-5,8-11,16H,3,6-7,12-15,17H2,1H3,(H,27,32). The van der Waals surface area contributed by atoms with Gasteiger partial charge in [0.1, 0.15) is 5.82 Å². The third kappa shape index (κ3) is 4.31. The van der Waals surface area contributed by atoms with Crippen molar-refractivity contribution in [3.8, 4) is 5.69 Å². The zero-order chi connectivity index (χ0) is 22.1. The maximum Gasteiger partial charge on any atom is 0.276 e. The summed E-state index contributed by atoms with van der Waals surface area (Å²) >= 11 is 0. The predicted molar refractivity (Wildman–Crippen MR) is 123 cm³/mol. The van der Waals surface area contributed by atoms with Gasteiger partial charge in [-0.1, -0.05) is 12.1 Å². The number of hydrogen-bond donors (Lipinski definition) is 1. The summed E-state index contributed by atoms with van der Waals surface area (Å²) < 4.78 is 15.1. The molecule has 0 unspecified atom stereocenters. The Bertz CT molecular complexity index is 1120. The van der Waals surface area contributed by atoms with E-state index in [9.17, 15) is 9.18 Å². The summed E-state index contributed by atoms with van der Waals surface area (Å²) in [6.07, 6.45) is 2.70. The first kappa shape index (κ1) is 20.8. The average Bonchev–Trinajstić information content (AvgIpc) is 3.39. The average molecular weight is 434 g/mol. The van der Waals surface area contributed by atoms with E-state index in [-0.39, 0.29) is 11.7 Å². The molecule has 1 aliphatic carbocycles. The molecule has 0 radical (unpaired) electrons. The Morgan fingerprint density at radius 3 is 2.62 bits per heavy atom. The summed E-state index contributed by atoms with van der Waals surface area (Å²) in [7, 11) is 2.15. The van der Waals surface area contributed by atoms with Crippen molar-refractivity contribution >= 4 is 11.6 Å². The number of benzene rings is 2. The summed E-state index contributed by atoms with van der Waals surface area (Å²) in [6, 6.07) is 14.3. The van der Waals surface area contributed by atoms with Crippen molar-refractivity contribution in [3.05, 3.63) is 76.9 Å². The van der Waals surface area contributed by atoms with Crippen LogP contribution < -0.4 is 5.32 Å². The Labute approximate surface area is 187 Å². The van der Waals surface area contributed by atoms with Crippen LogP contribution in [0.3, 0.4) is 0 Å². The molecule has 1 saturated heterocycles. The molecule has 6 nitrogen and oxygen atoms in total. The molecule has 32 heavy (non-hydrogen) atoms. The van der Waals surface area contributed by atoms with E-state index in [4.69, 9.17) is 0 Å². The molecular weight excluding hydrogens is 405 g/mol. The number of nitrogens with one attached hydrogen (secondary N) is 1. The van der Waals surface area contributed by atoms with Crippen molar-refractivity contribution in [2.75, 3.05) is 38.5 Å². The molecule has 2 aromatic carbocycles. The number of piperazine rings is 1. The smallest absolute Gasteiger partial charge is 0.276 e. The lowest BCUT2D eigenvalue weighted by atomic mass is 10.1. The predicted octanol–water partition coefficient (Wildman–Crippen LogP) is 3.50. The van der Waals surface area contributed by atoms with Crippen molar-refractivity contribution in [3.63, 3.8) is 0 Å². The monoisotopic (exact) mass is 433 g/mol. The highest BCUT2D eigenvalue weighted by Crippen LogP contribution is 2.28. The summed E-state index contributed by atoms with van der Waals surface area (Å²) in [5.41, 5.74) is 5.26. The second-order valence-electron chi connectivity index (χ2n) is 8.75. The molecule has 0 bridgehead atoms. The van der Waals surface area contributed by atoms with Gasteiger partial charge in [-0.2, -0.15) is 5.10 Å². The number of likely N-dealkylation sites (N-methyl/N-ethyl adjacent to an activating group) is 1. The van der Waals surface area contributed by atoms with Gasteiger partial charge in [0.05, 0.1) is 5.69 Å². The van der Waals surface area contributed by atoms with Crippen LogP contribution in [-0.2, 0) is 19.4 Å². The number of carbonyl (C=O) groups is 1. The first-order chi connectivity index (χ1) is 15.6. The fraction of sp³-hybridized carbons (Fsp3) is 0.360. The maximum absolute atomic E-state index is 13.4. The van der Waals surface area contributed by atoms with E-state index in [2.05, 4.69) is 33.3 Å². The first-order valence-corrected chi connectivity index (χ1v) is 11.2. The van der Waals surface area contributed by atoms with Crippen LogP contribution in [0.1, 0.15) is 33.7 Å². The van der Waals surface area contributed by atoms with Gasteiger partial charge in [0.15, 0.2) is 5.69 Å². The Morgan fingerprint density at radius 1 is 1.06 bits per heavy atom. The largest absolute Gasteiger partial charge is 0.321 e. The molecule has 3 aromatic rings. The zero-order valence-electron chi connectivity index (χ0n) is 18.4. The number of halogens is 1. The van der Waals surface area contributed by atoms with E-state index in [1.165, 1.54) is 17.7 Å². The Balaban J connectivity index is 1.33. The highest BCUT2D eigenvalue weighted by molar-refractivity contribution is 6.04. The van der Waals surface area contributed by atoms with E-state index in [0.29, 0.717) is 5.69 Å². The summed E-state index contributed by atoms with van der Waals surface area (Å²) in [5, 5.41) is 7.67. The van der Waals surface area contributed by atoms with Crippen LogP contribution in [0.15, 0.2) is 48.5 Å². The van der Waals surface area contributed by atoms with Gasteiger partial charge < -0.3 is 10.2 Å². The molecule has 2 heterocycles. The number of carbonyl (C=O) groups excluding carboxylic acids is 1. The van der Waals surface area contributed by atoms with E-state index in [1.54, 1.807) is 16.8 Å². The van der Waals surface area contributed by atoms with E-state index in [0.717, 1.165) is 74.6 Å². The van der Waals surface area contributed by atoms with Crippen LogP contribution in [0.4, 0.5) is 10.1 Å². The molecular formula is C25H28FN5O. The zero-order valence-corrected chi connectivity index (χ0v) is 18.4. The molecule has 166 valence electrons. The van der Waals surface area contributed by atoms with Gasteiger partial charge in [0.25, 0.3) is 5.91 Å². The van der Waals surface area contributed by atoms with Gasteiger partial charge in [0, 0.05) is 49.7 Å². The highest BCUT2D eigenvalue weighted by atomic mass is 19.1. The fourth-order valence-electron chi connectivity index (χ4n) is 4.62. The Morgan fingerprint density at radius 2 is 1.84 bits per heavy atom. The number of nitrogens with zero attached hydrogens (tertiary/aromatic N) is 4. The fourth-order valence-corrected chi connectivity index (χ4v) is 4.62. The van der Waals surface area contributed by atoms with Crippen LogP contribution in [0, 0.1) is 5.82 Å². The van der Waals surface area contributed by atoms with Crippen molar-refractivity contribution in [1.82, 2.24) is 19.6 Å². The third-order valence-electron chi connectivity index (χ3n) is 6.40. The van der Waals surface area contributed by atoms with Crippen molar-refractivity contribution in [2.24, 2.45) is 0 Å². The van der Waals surface area contributed by atoms with Crippen molar-refractivity contribution in [1.29, 1.82) is 0 Å². The van der Waals surface area contributed by atoms with Crippen molar-refractivity contribution < 1.29 is 9.18 Å². The molecule has 1 fully saturated rings. The Hall–Kier alpha value is -3.03. The van der Waals surface area contributed by atoms with Gasteiger partial charge in [-0.15, -0.1) is 0 Å². The lowest BCUT2D eigenvalue weighted by Gasteiger charge is -2.32. The second-order valence-corrected chi connectivity index (χ2v) is 8.75. The number of anilines is 1. The van der Waals surface area contributed by atoms with Crippen LogP contribution in [0.2, 0.25) is 0 Å². The minimum absolute atomic E-state index is 0.194. The normalized spacial score (nSPS) is 16.8. The highest BCUT2D eigenvalue weighted by Gasteiger charge is 2.27. The third-order valence-corrected chi connectivity index (χ3v) is 6.40. The van der Waals surface area contributed by atoms with Gasteiger partial charge in [-0.05, 0) is 68.3 Å². The van der Waals surface area contributed by atoms with E-state index < -0.39 is 0 Å². The quantitative estimate of drug-likeness (QED) is 0.669. The maximum atomic E-state index is 13.4. The number of aromatic nitrogens is 2. The lowest BCUT2D eigenvalue weighted by Crippen LogP contribution is -2.43. The van der Waals surface area contributed by atoms with Gasteiger partial charge in [-0.3, -0.25) is 9.69 Å². The van der Waals surface area contributed by atoms with E-state index >= 15 is 0 Å². The first-order valence-electron chi connectivity index (χ1n) is 11.2. The minimum atomic E-state index is -0.285. The summed E-state index contributed by atoms with van der Waals surface area (Å²) in [4.78, 5) is 17.9. The van der Waals surface area contributed by atoms with Crippen LogP contribution in [0.5, 0.6) is 0 Å². The molecule has 1 aliphatic heterocycles. The second kappa shape index (κ2) is 8.84. The molecule has 1 amide bonds. The molecule has 1 N–H and O–H groups in total. The number of hydrogen-bond acceptors (Lipinski definition) is 4. The minimum Gasteiger partial charge on any atom is -0.321 e. The number of fused-ring (bicyclic) bond motifs is 1. The molecule has 5 rings (SSSR count). The molecule has 0 atom stereocenters. The molecule has 0 saturated carbocycles. The van der Waals surface area contributed by atoms with Crippen LogP contribution in [0.25, 0.3) is 5.69 Å². The summed E-state index contributed by atoms with van der Waals surface area (Å²) in [6.45, 7) is 5.16. The van der Waals surface area contributed by atoms with E-state index in [1.807, 2.05) is 18.2 Å². The van der Waals surface area contributed by atoms with Crippen molar-refractivity contribution in [2.45, 2.75) is 25.8 Å². The SMILES string of the molecule is CN1CCN(Cc2cccc(NC(=O)c3nn(-c4ccc(F)cc4)c4c3CCC4)c2)CC1. The van der Waals surface area contributed by atoms with Gasteiger partial charge >= 0.3 is 0 Å². The molecule has 2 aliphatic rings. The van der Waals surface area contributed by atoms with Crippen LogP contribution >= 0.6 is 0 Å². The summed E-state index contributed by atoms with van der Waals surface area (Å²) in [5.74, 6) is -0.479. The molecule has 1 aromatic heterocycles. The van der Waals surface area contributed by atoms with Gasteiger partial charge in [0.2, 0.25) is 0 Å². The molecule has 0 spiro atoms. The lowest BCUT2D eigenvalue weighted by molar-refractivity contribution is 0.102. The number of amides is 1.